The van der Waals surface area contributed by atoms with Crippen LogP contribution in [0.1, 0.15) is 30.9 Å². The molecule has 29 heavy (non-hydrogen) atoms. The molecule has 0 spiro atoms. The molecule has 2 N–H and O–H groups in total. The van der Waals surface area contributed by atoms with Gasteiger partial charge < -0.3 is 20.1 Å². The smallest absolute Gasteiger partial charge is 0.191 e. The molecule has 0 aromatic heterocycles. The molecule has 2 fully saturated rings. The lowest BCUT2D eigenvalue weighted by Gasteiger charge is -2.36. The van der Waals surface area contributed by atoms with E-state index in [2.05, 4.69) is 43.6 Å². The van der Waals surface area contributed by atoms with E-state index in [4.69, 9.17) is 9.47 Å². The van der Waals surface area contributed by atoms with Crippen LogP contribution in [0.15, 0.2) is 29.3 Å². The Kier molecular flexibility index (Phi) is 9.05. The van der Waals surface area contributed by atoms with Gasteiger partial charge in [0.25, 0.3) is 0 Å². The highest BCUT2D eigenvalue weighted by molar-refractivity contribution is 5.79. The average molecular weight is 404 g/mol. The minimum absolute atomic E-state index is 0.268. The van der Waals surface area contributed by atoms with Crippen molar-refractivity contribution >= 4 is 5.96 Å². The number of benzene rings is 1. The highest BCUT2D eigenvalue weighted by Crippen LogP contribution is 2.30. The largest absolute Gasteiger partial charge is 0.496 e. The van der Waals surface area contributed by atoms with E-state index in [1.807, 2.05) is 13.1 Å². The summed E-state index contributed by atoms with van der Waals surface area (Å²) in [5.74, 6) is 1.82. The van der Waals surface area contributed by atoms with Crippen molar-refractivity contribution in [3.05, 3.63) is 29.8 Å². The Bertz CT molecular complexity index is 627. The lowest BCUT2D eigenvalue weighted by atomic mass is 10.0. The second kappa shape index (κ2) is 12.0. The molecular weight excluding hydrogens is 366 g/mol. The summed E-state index contributed by atoms with van der Waals surface area (Å²) in [7, 11) is 3.59. The lowest BCUT2D eigenvalue weighted by Crippen LogP contribution is -2.47. The van der Waals surface area contributed by atoms with E-state index >= 15 is 0 Å². The number of hydrogen-bond acceptors (Lipinski definition) is 5. The molecule has 0 radical (unpaired) electrons. The van der Waals surface area contributed by atoms with Crippen molar-refractivity contribution < 1.29 is 9.47 Å². The number of ether oxygens (including phenoxy) is 2. The van der Waals surface area contributed by atoms with Crippen LogP contribution in [0.4, 0.5) is 0 Å². The van der Waals surface area contributed by atoms with Gasteiger partial charge in [-0.05, 0) is 32.0 Å². The Morgan fingerprint density at radius 1 is 1.10 bits per heavy atom. The first-order chi connectivity index (χ1) is 14.3. The summed E-state index contributed by atoms with van der Waals surface area (Å²) in [6.07, 6.45) is 3.85. The first kappa shape index (κ1) is 21.9. The van der Waals surface area contributed by atoms with Crippen molar-refractivity contribution in [1.29, 1.82) is 0 Å². The summed E-state index contributed by atoms with van der Waals surface area (Å²) in [6.45, 7) is 8.65. The Hall–Kier alpha value is -1.83. The van der Waals surface area contributed by atoms with Crippen molar-refractivity contribution in [2.75, 3.05) is 73.2 Å². The van der Waals surface area contributed by atoms with Crippen molar-refractivity contribution in [1.82, 2.24) is 20.4 Å². The van der Waals surface area contributed by atoms with Gasteiger partial charge in [0.1, 0.15) is 5.75 Å². The van der Waals surface area contributed by atoms with Gasteiger partial charge >= 0.3 is 0 Å². The van der Waals surface area contributed by atoms with Gasteiger partial charge in [-0.2, -0.15) is 0 Å². The van der Waals surface area contributed by atoms with Gasteiger partial charge in [-0.1, -0.05) is 24.6 Å². The fourth-order valence-corrected chi connectivity index (χ4v) is 4.18. The number of rotatable bonds is 8. The van der Waals surface area contributed by atoms with Crippen molar-refractivity contribution in [2.45, 2.75) is 25.3 Å². The highest BCUT2D eigenvalue weighted by atomic mass is 16.5. The number of likely N-dealkylation sites (tertiary alicyclic amines) is 1. The van der Waals surface area contributed by atoms with Gasteiger partial charge in [0.15, 0.2) is 5.96 Å². The summed E-state index contributed by atoms with van der Waals surface area (Å²) >= 11 is 0. The first-order valence-electron chi connectivity index (χ1n) is 10.9. The van der Waals surface area contributed by atoms with E-state index in [9.17, 15) is 0 Å². The van der Waals surface area contributed by atoms with Gasteiger partial charge in [0.2, 0.25) is 0 Å². The maximum Gasteiger partial charge on any atom is 0.191 e. The van der Waals surface area contributed by atoms with Crippen LogP contribution >= 0.6 is 0 Å². The van der Waals surface area contributed by atoms with Crippen LogP contribution in [0.25, 0.3) is 0 Å². The standard InChI is InChI=1S/C22H37N5O2/c1-23-22(24-10-13-26-14-16-29-17-15-26)25-18-20(27-11-6-3-7-12-27)19-8-4-5-9-21(19)28-2/h4-5,8-9,20H,3,6-7,10-18H2,1-2H3,(H2,23,24,25). The maximum absolute atomic E-state index is 5.67. The number of nitrogens with one attached hydrogen (secondary N) is 2. The van der Waals surface area contributed by atoms with Gasteiger partial charge in [-0.3, -0.25) is 14.8 Å². The Balaban J connectivity index is 1.57. The molecule has 2 aliphatic rings. The molecule has 0 amide bonds. The SMILES string of the molecule is CN=C(NCCN1CCOCC1)NCC(c1ccccc1OC)N1CCCCC1. The van der Waals surface area contributed by atoms with Gasteiger partial charge in [-0.15, -0.1) is 0 Å². The second-order valence-electron chi connectivity index (χ2n) is 7.69. The maximum atomic E-state index is 5.67. The molecule has 7 heteroatoms. The molecule has 3 rings (SSSR count). The summed E-state index contributed by atoms with van der Waals surface area (Å²) in [5, 5.41) is 7.01. The fourth-order valence-electron chi connectivity index (χ4n) is 4.18. The molecule has 1 unspecified atom stereocenters. The number of nitrogens with zero attached hydrogens (tertiary/aromatic N) is 3. The predicted molar refractivity (Wildman–Crippen MR) is 118 cm³/mol. The zero-order chi connectivity index (χ0) is 20.3. The van der Waals surface area contributed by atoms with Gasteiger partial charge in [0.05, 0.1) is 26.4 Å². The molecule has 1 atom stereocenters. The third-order valence-electron chi connectivity index (χ3n) is 5.84. The topological polar surface area (TPSA) is 61.4 Å². The average Bonchev–Trinajstić information content (AvgIpc) is 2.79. The van der Waals surface area contributed by atoms with Crippen LogP contribution in [0, 0.1) is 0 Å². The Morgan fingerprint density at radius 2 is 1.86 bits per heavy atom. The van der Waals surface area contributed by atoms with E-state index < -0.39 is 0 Å². The molecule has 7 nitrogen and oxygen atoms in total. The minimum Gasteiger partial charge on any atom is -0.496 e. The first-order valence-corrected chi connectivity index (χ1v) is 10.9. The number of methoxy groups -OCH3 is 1. The molecule has 0 bridgehead atoms. The zero-order valence-corrected chi connectivity index (χ0v) is 18.0. The monoisotopic (exact) mass is 403 g/mol. The van der Waals surface area contributed by atoms with E-state index in [1.54, 1.807) is 7.11 Å². The predicted octanol–water partition coefficient (Wildman–Crippen LogP) is 1.72. The number of hydrogen-bond donors (Lipinski definition) is 2. The quantitative estimate of drug-likeness (QED) is 0.509. The normalized spacial score (nSPS) is 20.3. The van der Waals surface area contributed by atoms with E-state index in [0.717, 1.165) is 70.7 Å². The van der Waals surface area contributed by atoms with Crippen LogP contribution in [0.3, 0.4) is 0 Å². The number of aliphatic imine (C=N–C) groups is 1. The number of piperidine rings is 1. The lowest BCUT2D eigenvalue weighted by molar-refractivity contribution is 0.0389. The summed E-state index contributed by atoms with van der Waals surface area (Å²) in [5.41, 5.74) is 1.24. The van der Waals surface area contributed by atoms with Crippen LogP contribution in [-0.2, 0) is 4.74 Å². The van der Waals surface area contributed by atoms with Crippen LogP contribution in [0.2, 0.25) is 0 Å². The Labute approximate surface area is 175 Å². The van der Waals surface area contributed by atoms with Crippen molar-refractivity contribution in [2.24, 2.45) is 4.99 Å². The molecule has 2 saturated heterocycles. The van der Waals surface area contributed by atoms with Crippen LogP contribution < -0.4 is 15.4 Å². The third kappa shape index (κ3) is 6.59. The second-order valence-corrected chi connectivity index (χ2v) is 7.69. The van der Waals surface area contributed by atoms with Crippen LogP contribution in [0.5, 0.6) is 5.75 Å². The van der Waals surface area contributed by atoms with E-state index in [-0.39, 0.29) is 6.04 Å². The molecule has 162 valence electrons. The number of guanidine groups is 1. The number of para-hydroxylation sites is 1. The zero-order valence-electron chi connectivity index (χ0n) is 18.0. The Morgan fingerprint density at radius 3 is 2.59 bits per heavy atom. The summed E-state index contributed by atoms with van der Waals surface area (Å²) in [6, 6.07) is 8.65. The fraction of sp³-hybridized carbons (Fsp3) is 0.682. The van der Waals surface area contributed by atoms with Crippen molar-refractivity contribution in [3.8, 4) is 5.75 Å². The van der Waals surface area contributed by atoms with Gasteiger partial charge in [-0.25, -0.2) is 0 Å². The molecule has 2 aliphatic heterocycles. The summed E-state index contributed by atoms with van der Waals surface area (Å²) < 4.78 is 11.1. The number of morpholine rings is 1. The van der Waals surface area contributed by atoms with Crippen molar-refractivity contribution in [3.63, 3.8) is 0 Å². The highest BCUT2D eigenvalue weighted by Gasteiger charge is 2.25. The minimum atomic E-state index is 0.268. The van der Waals surface area contributed by atoms with Crippen LogP contribution in [-0.4, -0.2) is 88.9 Å². The third-order valence-corrected chi connectivity index (χ3v) is 5.84. The van der Waals surface area contributed by atoms with E-state index in [1.165, 1.54) is 24.8 Å². The molecule has 2 heterocycles. The molecule has 0 saturated carbocycles. The molecule has 1 aromatic carbocycles. The van der Waals surface area contributed by atoms with Gasteiger partial charge in [0, 0.05) is 45.3 Å². The summed E-state index contributed by atoms with van der Waals surface area (Å²) in [4.78, 5) is 9.43. The van der Waals surface area contributed by atoms with E-state index in [0.29, 0.717) is 0 Å². The molecular formula is C22H37N5O2. The molecule has 1 aromatic rings. The molecule has 0 aliphatic carbocycles.